The summed E-state index contributed by atoms with van der Waals surface area (Å²) in [4.78, 5) is 12.3. The number of benzene rings is 2. The van der Waals surface area contributed by atoms with Crippen molar-refractivity contribution >= 4 is 23.0 Å². The van der Waals surface area contributed by atoms with Crippen molar-refractivity contribution in [3.8, 4) is 0 Å². The summed E-state index contributed by atoms with van der Waals surface area (Å²) in [6, 6.07) is 10.0. The Kier molecular flexibility index (Phi) is 4.60. The van der Waals surface area contributed by atoms with Crippen LogP contribution >= 0.6 is 11.6 Å². The summed E-state index contributed by atoms with van der Waals surface area (Å²) in [5.74, 6) is 0.215. The van der Waals surface area contributed by atoms with Gasteiger partial charge in [0.1, 0.15) is 5.69 Å². The molecule has 0 saturated carbocycles. The van der Waals surface area contributed by atoms with Crippen molar-refractivity contribution in [2.75, 3.05) is 10.8 Å². The van der Waals surface area contributed by atoms with Crippen molar-refractivity contribution in [1.82, 2.24) is 0 Å². The van der Waals surface area contributed by atoms with Gasteiger partial charge in [-0.1, -0.05) is 24.3 Å². The van der Waals surface area contributed by atoms with Crippen LogP contribution in [0.1, 0.15) is 16.7 Å². The summed E-state index contributed by atoms with van der Waals surface area (Å²) in [5, 5.41) is 11.4. The molecule has 0 bridgehead atoms. The van der Waals surface area contributed by atoms with Crippen molar-refractivity contribution < 1.29 is 18.1 Å². The first-order valence-corrected chi connectivity index (χ1v) is 8.09. The molecule has 8 heteroatoms. The maximum atomic E-state index is 12.9. The van der Waals surface area contributed by atoms with Gasteiger partial charge < -0.3 is 4.90 Å². The summed E-state index contributed by atoms with van der Waals surface area (Å²) in [7, 11) is 0. The molecule has 1 atom stereocenters. The first-order valence-electron chi connectivity index (χ1n) is 7.56. The van der Waals surface area contributed by atoms with E-state index in [-0.39, 0.29) is 17.6 Å². The monoisotopic (exact) mass is 370 g/mol. The fourth-order valence-electron chi connectivity index (χ4n) is 3.10. The first kappa shape index (κ1) is 17.5. The number of hydrogen-bond donors (Lipinski definition) is 0. The van der Waals surface area contributed by atoms with Gasteiger partial charge in [-0.25, -0.2) is 0 Å². The molecule has 0 radical (unpaired) electrons. The number of anilines is 1. The average Bonchev–Trinajstić information content (AvgIpc) is 2.59. The molecule has 0 aromatic heterocycles. The molecular weight excluding hydrogens is 357 g/mol. The third kappa shape index (κ3) is 3.42. The third-order valence-corrected chi connectivity index (χ3v) is 4.70. The second-order valence-electron chi connectivity index (χ2n) is 5.87. The molecule has 1 unspecified atom stereocenters. The van der Waals surface area contributed by atoms with Gasteiger partial charge in [0, 0.05) is 24.5 Å². The lowest BCUT2D eigenvalue weighted by Crippen LogP contribution is -2.42. The van der Waals surface area contributed by atoms with Crippen LogP contribution in [-0.2, 0) is 19.1 Å². The summed E-state index contributed by atoms with van der Waals surface area (Å²) in [6.45, 7) is 0.361. The highest BCUT2D eigenvalue weighted by Crippen LogP contribution is 2.39. The number of halogens is 4. The van der Waals surface area contributed by atoms with E-state index in [1.165, 1.54) is 0 Å². The van der Waals surface area contributed by atoms with E-state index in [4.69, 9.17) is 11.6 Å². The summed E-state index contributed by atoms with van der Waals surface area (Å²) in [5.41, 5.74) is 0.627. The molecule has 25 heavy (non-hydrogen) atoms. The Morgan fingerprint density at radius 3 is 2.48 bits per heavy atom. The number of rotatable bonds is 3. The lowest BCUT2D eigenvalue weighted by Gasteiger charge is -2.37. The molecule has 0 fully saturated rings. The summed E-state index contributed by atoms with van der Waals surface area (Å²) >= 11 is 6.04. The number of nitro groups is 1. The predicted octanol–water partition coefficient (Wildman–Crippen LogP) is 4.78. The Labute approximate surface area is 147 Å². The highest BCUT2D eigenvalue weighted by Gasteiger charge is 2.35. The van der Waals surface area contributed by atoms with Crippen LogP contribution < -0.4 is 4.90 Å². The van der Waals surface area contributed by atoms with Crippen molar-refractivity contribution in [2.24, 2.45) is 0 Å². The van der Waals surface area contributed by atoms with E-state index >= 15 is 0 Å². The molecule has 0 saturated heterocycles. The quantitative estimate of drug-likeness (QED) is 0.443. The zero-order chi connectivity index (χ0) is 18.2. The highest BCUT2D eigenvalue weighted by molar-refractivity contribution is 6.18. The molecule has 4 nitrogen and oxygen atoms in total. The van der Waals surface area contributed by atoms with Gasteiger partial charge in [0.05, 0.1) is 10.5 Å². The van der Waals surface area contributed by atoms with Crippen molar-refractivity contribution in [2.45, 2.75) is 25.2 Å². The van der Waals surface area contributed by atoms with Crippen LogP contribution in [-0.4, -0.2) is 16.8 Å². The van der Waals surface area contributed by atoms with Crippen molar-refractivity contribution in [3.63, 3.8) is 0 Å². The molecule has 0 aliphatic carbocycles. The van der Waals surface area contributed by atoms with Gasteiger partial charge in [-0.2, -0.15) is 13.2 Å². The number of fused-ring (bicyclic) bond motifs is 1. The fourth-order valence-corrected chi connectivity index (χ4v) is 3.37. The summed E-state index contributed by atoms with van der Waals surface area (Å²) < 4.78 is 38.7. The zero-order valence-electron chi connectivity index (χ0n) is 13.0. The van der Waals surface area contributed by atoms with Gasteiger partial charge in [0.2, 0.25) is 0 Å². The Balaban J connectivity index is 2.07. The maximum absolute atomic E-state index is 12.9. The van der Waals surface area contributed by atoms with E-state index in [1.54, 1.807) is 4.90 Å². The van der Waals surface area contributed by atoms with Gasteiger partial charge >= 0.3 is 6.18 Å². The number of nitro benzene ring substituents is 1. The first-order chi connectivity index (χ1) is 11.8. The van der Waals surface area contributed by atoms with Gasteiger partial charge in [0.15, 0.2) is 0 Å². The van der Waals surface area contributed by atoms with E-state index in [0.717, 1.165) is 23.3 Å². The van der Waals surface area contributed by atoms with Gasteiger partial charge in [-0.3, -0.25) is 10.1 Å². The second-order valence-corrected chi connectivity index (χ2v) is 6.18. The number of hydrogen-bond acceptors (Lipinski definition) is 3. The highest BCUT2D eigenvalue weighted by atomic mass is 35.5. The van der Waals surface area contributed by atoms with E-state index in [9.17, 15) is 23.3 Å². The molecule has 0 N–H and O–H groups in total. The molecule has 1 aliphatic heterocycles. The van der Waals surface area contributed by atoms with E-state index in [2.05, 4.69) is 0 Å². The molecule has 0 amide bonds. The van der Waals surface area contributed by atoms with E-state index < -0.39 is 22.4 Å². The molecular formula is C17H14ClF3N2O2. The average molecular weight is 371 g/mol. The largest absolute Gasteiger partial charge is 0.416 e. The Bertz CT molecular complexity index is 811. The van der Waals surface area contributed by atoms with Gasteiger partial charge in [-0.15, -0.1) is 11.6 Å². The third-order valence-electron chi connectivity index (χ3n) is 4.34. The van der Waals surface area contributed by atoms with Gasteiger partial charge in [0.25, 0.3) is 5.69 Å². The van der Waals surface area contributed by atoms with Crippen LogP contribution in [0.5, 0.6) is 0 Å². The molecule has 132 valence electrons. The zero-order valence-corrected chi connectivity index (χ0v) is 13.7. The topological polar surface area (TPSA) is 46.4 Å². The molecule has 1 aliphatic rings. The lowest BCUT2D eigenvalue weighted by molar-refractivity contribution is -0.384. The van der Waals surface area contributed by atoms with Crippen molar-refractivity contribution in [3.05, 3.63) is 69.3 Å². The number of alkyl halides is 4. The summed E-state index contributed by atoms with van der Waals surface area (Å²) in [6.07, 6.45) is -4.05. The fraction of sp³-hybridized carbons (Fsp3) is 0.294. The van der Waals surface area contributed by atoms with Crippen LogP contribution in [0.25, 0.3) is 0 Å². The Morgan fingerprint density at radius 2 is 1.88 bits per heavy atom. The Morgan fingerprint density at radius 1 is 1.20 bits per heavy atom. The lowest BCUT2D eigenvalue weighted by atomic mass is 9.94. The van der Waals surface area contributed by atoms with Crippen molar-refractivity contribution in [1.29, 1.82) is 0 Å². The standard InChI is InChI=1S/C17H14ClF3N2O2/c18-9-14-7-11-3-1-2-4-12(11)10-22(14)15-6-5-13(17(19,20)21)8-16(15)23(24)25/h1-6,8,14H,7,9-10H2. The number of nitrogens with zero attached hydrogens (tertiary/aromatic N) is 2. The van der Waals surface area contributed by atoms with Crippen LogP contribution in [0.4, 0.5) is 24.5 Å². The van der Waals surface area contributed by atoms with E-state index in [0.29, 0.717) is 19.0 Å². The molecule has 0 spiro atoms. The Hall–Kier alpha value is -2.28. The second kappa shape index (κ2) is 6.55. The predicted molar refractivity (Wildman–Crippen MR) is 88.9 cm³/mol. The van der Waals surface area contributed by atoms with Gasteiger partial charge in [-0.05, 0) is 29.7 Å². The van der Waals surface area contributed by atoms with Crippen LogP contribution in [0.3, 0.4) is 0 Å². The minimum absolute atomic E-state index is 0.151. The minimum Gasteiger partial charge on any atom is -0.357 e. The van der Waals surface area contributed by atoms with Crippen LogP contribution in [0, 0.1) is 10.1 Å². The minimum atomic E-state index is -4.64. The van der Waals surface area contributed by atoms with Crippen LogP contribution in [0.2, 0.25) is 0 Å². The van der Waals surface area contributed by atoms with E-state index in [1.807, 2.05) is 24.3 Å². The normalized spacial score (nSPS) is 17.3. The molecule has 3 rings (SSSR count). The molecule has 2 aromatic rings. The SMILES string of the molecule is O=[N+]([O-])c1cc(C(F)(F)F)ccc1N1Cc2ccccc2CC1CCl. The molecule has 2 aromatic carbocycles. The van der Waals surface area contributed by atoms with Crippen LogP contribution in [0.15, 0.2) is 42.5 Å². The molecule has 1 heterocycles. The maximum Gasteiger partial charge on any atom is 0.416 e. The smallest absolute Gasteiger partial charge is 0.357 e.